The number of hydrogen-bond acceptors (Lipinski definition) is 3. The average molecular weight is 309 g/mol. The standard InChI is InChI=1S/C15H16FNO3S/c1-11(18)12-6-8-14(9-7-12)21(19,20)17-10-13-4-2-3-5-15(13)16/h2-9,11,17-18H,10H2,1H3. The Labute approximate surface area is 123 Å². The second-order valence-corrected chi connectivity index (χ2v) is 6.43. The zero-order valence-corrected chi connectivity index (χ0v) is 12.3. The number of nitrogens with one attached hydrogen (secondary N) is 1. The number of sulfonamides is 1. The minimum atomic E-state index is -3.72. The molecule has 2 aromatic rings. The van der Waals surface area contributed by atoms with Gasteiger partial charge in [0.25, 0.3) is 0 Å². The molecule has 2 N–H and O–H groups in total. The molecule has 0 radical (unpaired) electrons. The third-order valence-corrected chi connectivity index (χ3v) is 4.50. The summed E-state index contributed by atoms with van der Waals surface area (Å²) < 4.78 is 40.0. The molecule has 0 heterocycles. The van der Waals surface area contributed by atoms with Crippen LogP contribution < -0.4 is 4.72 Å². The Morgan fingerprint density at radius 1 is 1.14 bits per heavy atom. The molecule has 0 aromatic heterocycles. The van der Waals surface area contributed by atoms with Crippen LogP contribution in [0.15, 0.2) is 53.4 Å². The maximum atomic E-state index is 13.4. The highest BCUT2D eigenvalue weighted by atomic mass is 32.2. The van der Waals surface area contributed by atoms with E-state index in [1.54, 1.807) is 31.2 Å². The minimum Gasteiger partial charge on any atom is -0.389 e. The van der Waals surface area contributed by atoms with Gasteiger partial charge in [-0.25, -0.2) is 17.5 Å². The molecule has 2 rings (SSSR count). The number of rotatable bonds is 5. The Bertz CT molecular complexity index is 712. The summed E-state index contributed by atoms with van der Waals surface area (Å²) in [7, 11) is -3.72. The van der Waals surface area contributed by atoms with Gasteiger partial charge in [0, 0.05) is 12.1 Å². The van der Waals surface area contributed by atoms with Crippen LogP contribution in [0, 0.1) is 5.82 Å². The van der Waals surface area contributed by atoms with Crippen molar-refractivity contribution in [2.75, 3.05) is 0 Å². The molecule has 0 amide bonds. The Morgan fingerprint density at radius 2 is 1.76 bits per heavy atom. The molecule has 0 aliphatic carbocycles. The van der Waals surface area contributed by atoms with Gasteiger partial charge in [-0.3, -0.25) is 0 Å². The molecule has 0 saturated carbocycles. The number of halogens is 1. The molecule has 0 fully saturated rings. The highest BCUT2D eigenvalue weighted by molar-refractivity contribution is 7.89. The van der Waals surface area contributed by atoms with E-state index in [0.717, 1.165) is 0 Å². The van der Waals surface area contributed by atoms with Gasteiger partial charge in [-0.1, -0.05) is 30.3 Å². The van der Waals surface area contributed by atoms with E-state index >= 15 is 0 Å². The summed E-state index contributed by atoms with van der Waals surface area (Å²) in [4.78, 5) is 0.0724. The van der Waals surface area contributed by atoms with E-state index in [-0.39, 0.29) is 17.0 Å². The van der Waals surface area contributed by atoms with E-state index < -0.39 is 21.9 Å². The maximum absolute atomic E-state index is 13.4. The highest BCUT2D eigenvalue weighted by Crippen LogP contribution is 2.16. The fraction of sp³-hybridized carbons (Fsp3) is 0.200. The van der Waals surface area contributed by atoms with E-state index in [1.807, 2.05) is 0 Å². The first-order chi connectivity index (χ1) is 9.90. The van der Waals surface area contributed by atoms with E-state index in [0.29, 0.717) is 5.56 Å². The average Bonchev–Trinajstić information content (AvgIpc) is 2.46. The monoisotopic (exact) mass is 309 g/mol. The quantitative estimate of drug-likeness (QED) is 0.891. The van der Waals surface area contributed by atoms with Gasteiger partial charge in [-0.05, 0) is 30.7 Å². The van der Waals surface area contributed by atoms with E-state index in [1.165, 1.54) is 24.3 Å². The molecule has 21 heavy (non-hydrogen) atoms. The van der Waals surface area contributed by atoms with Crippen LogP contribution in [0.5, 0.6) is 0 Å². The predicted octanol–water partition coefficient (Wildman–Crippen LogP) is 2.36. The lowest BCUT2D eigenvalue weighted by atomic mass is 10.1. The van der Waals surface area contributed by atoms with Crippen LogP contribution in [-0.2, 0) is 16.6 Å². The summed E-state index contributed by atoms with van der Waals surface area (Å²) in [5.74, 6) is -0.454. The third-order valence-electron chi connectivity index (χ3n) is 3.08. The predicted molar refractivity (Wildman–Crippen MR) is 77.5 cm³/mol. The molecular weight excluding hydrogens is 293 g/mol. The van der Waals surface area contributed by atoms with E-state index in [4.69, 9.17) is 0 Å². The lowest BCUT2D eigenvalue weighted by Gasteiger charge is -2.09. The normalized spacial score (nSPS) is 13.1. The first-order valence-corrected chi connectivity index (χ1v) is 7.89. The first kappa shape index (κ1) is 15.6. The van der Waals surface area contributed by atoms with Gasteiger partial charge in [0.1, 0.15) is 5.82 Å². The van der Waals surface area contributed by atoms with Gasteiger partial charge < -0.3 is 5.11 Å². The van der Waals surface area contributed by atoms with Crippen LogP contribution in [-0.4, -0.2) is 13.5 Å². The summed E-state index contributed by atoms with van der Waals surface area (Å²) in [6, 6.07) is 11.9. The van der Waals surface area contributed by atoms with Crippen molar-refractivity contribution in [2.45, 2.75) is 24.5 Å². The molecule has 1 unspecified atom stereocenters. The largest absolute Gasteiger partial charge is 0.389 e. The van der Waals surface area contributed by atoms with Crippen molar-refractivity contribution in [1.82, 2.24) is 4.72 Å². The SMILES string of the molecule is CC(O)c1ccc(S(=O)(=O)NCc2ccccc2F)cc1. The second kappa shape index (κ2) is 6.34. The Hall–Kier alpha value is -1.76. The number of aliphatic hydroxyl groups excluding tert-OH is 1. The topological polar surface area (TPSA) is 66.4 Å². The van der Waals surface area contributed by atoms with Crippen molar-refractivity contribution in [3.63, 3.8) is 0 Å². The van der Waals surface area contributed by atoms with Crippen LogP contribution in [0.4, 0.5) is 4.39 Å². The Kier molecular flexibility index (Phi) is 4.72. The van der Waals surface area contributed by atoms with Gasteiger partial charge in [-0.15, -0.1) is 0 Å². The first-order valence-electron chi connectivity index (χ1n) is 6.41. The van der Waals surface area contributed by atoms with Crippen molar-refractivity contribution in [2.24, 2.45) is 0 Å². The van der Waals surface area contributed by atoms with Gasteiger partial charge >= 0.3 is 0 Å². The Morgan fingerprint density at radius 3 is 2.33 bits per heavy atom. The fourth-order valence-electron chi connectivity index (χ4n) is 1.82. The van der Waals surface area contributed by atoms with Gasteiger partial charge in [-0.2, -0.15) is 0 Å². The van der Waals surface area contributed by atoms with Crippen LogP contribution in [0.3, 0.4) is 0 Å². The molecule has 0 aliphatic rings. The lowest BCUT2D eigenvalue weighted by molar-refractivity contribution is 0.199. The zero-order valence-electron chi connectivity index (χ0n) is 11.5. The summed E-state index contributed by atoms with van der Waals surface area (Å²) >= 11 is 0. The molecule has 0 bridgehead atoms. The number of benzene rings is 2. The minimum absolute atomic E-state index is 0.0724. The maximum Gasteiger partial charge on any atom is 0.240 e. The van der Waals surface area contributed by atoms with E-state index in [2.05, 4.69) is 4.72 Å². The second-order valence-electron chi connectivity index (χ2n) is 4.66. The van der Waals surface area contributed by atoms with E-state index in [9.17, 15) is 17.9 Å². The summed E-state index contributed by atoms with van der Waals surface area (Å²) in [5, 5.41) is 9.39. The molecular formula is C15H16FNO3S. The fourth-order valence-corrected chi connectivity index (χ4v) is 2.83. The third kappa shape index (κ3) is 3.87. The molecule has 0 aliphatic heterocycles. The Balaban J connectivity index is 2.13. The number of aliphatic hydroxyl groups is 1. The molecule has 4 nitrogen and oxygen atoms in total. The molecule has 6 heteroatoms. The zero-order chi connectivity index (χ0) is 15.5. The number of hydrogen-bond donors (Lipinski definition) is 2. The molecule has 112 valence electrons. The highest BCUT2D eigenvalue weighted by Gasteiger charge is 2.15. The van der Waals surface area contributed by atoms with Gasteiger partial charge in [0.15, 0.2) is 0 Å². The van der Waals surface area contributed by atoms with Crippen LogP contribution in [0.25, 0.3) is 0 Å². The van der Waals surface area contributed by atoms with Gasteiger partial charge in [0.2, 0.25) is 10.0 Å². The lowest BCUT2D eigenvalue weighted by Crippen LogP contribution is -2.23. The van der Waals surface area contributed by atoms with Crippen LogP contribution in [0.2, 0.25) is 0 Å². The summed E-state index contributed by atoms with van der Waals surface area (Å²) in [6.45, 7) is 1.48. The van der Waals surface area contributed by atoms with Crippen molar-refractivity contribution in [3.05, 3.63) is 65.5 Å². The summed E-state index contributed by atoms with van der Waals surface area (Å²) in [6.07, 6.45) is -0.659. The van der Waals surface area contributed by atoms with Gasteiger partial charge in [0.05, 0.1) is 11.0 Å². The summed E-state index contributed by atoms with van der Waals surface area (Å²) in [5.41, 5.74) is 0.907. The molecule has 0 saturated heterocycles. The molecule has 1 atom stereocenters. The molecule has 2 aromatic carbocycles. The van der Waals surface area contributed by atoms with Crippen molar-refractivity contribution < 1.29 is 17.9 Å². The van der Waals surface area contributed by atoms with Crippen LogP contribution >= 0.6 is 0 Å². The van der Waals surface area contributed by atoms with Crippen molar-refractivity contribution in [1.29, 1.82) is 0 Å². The smallest absolute Gasteiger partial charge is 0.240 e. The molecule has 0 spiro atoms. The van der Waals surface area contributed by atoms with Crippen LogP contribution in [0.1, 0.15) is 24.2 Å². The van der Waals surface area contributed by atoms with Crippen molar-refractivity contribution >= 4 is 10.0 Å². The van der Waals surface area contributed by atoms with Crippen molar-refractivity contribution in [3.8, 4) is 0 Å².